The monoisotopic (exact) mass is 353 g/mol. The minimum absolute atomic E-state index is 0.132. The highest BCUT2D eigenvalue weighted by Gasteiger charge is 2.34. The highest BCUT2D eigenvalue weighted by molar-refractivity contribution is 9.10. The lowest BCUT2D eigenvalue weighted by Gasteiger charge is -2.27. The molecule has 1 amide bonds. The molecule has 1 aromatic carbocycles. The van der Waals surface area contributed by atoms with Crippen LogP contribution >= 0.6 is 15.9 Å². The van der Waals surface area contributed by atoms with E-state index in [1.807, 2.05) is 12.1 Å². The van der Waals surface area contributed by atoms with Crippen molar-refractivity contribution in [3.8, 4) is 5.75 Å². The number of esters is 1. The van der Waals surface area contributed by atoms with Crippen LogP contribution in [0.25, 0.3) is 0 Å². The number of ether oxygens (including phenoxy) is 2. The zero-order valence-electron chi connectivity index (χ0n) is 12.0. The maximum Gasteiger partial charge on any atom is 0.336 e. The molecule has 2 rings (SSSR count). The van der Waals surface area contributed by atoms with Gasteiger partial charge in [0.1, 0.15) is 5.75 Å². The molecule has 0 spiro atoms. The number of carbonyl (C=O) groups excluding carboxylic acids is 2. The molecule has 0 aromatic heterocycles. The Morgan fingerprint density at radius 1 is 1.38 bits per heavy atom. The average molecular weight is 354 g/mol. The zero-order valence-corrected chi connectivity index (χ0v) is 13.6. The van der Waals surface area contributed by atoms with Gasteiger partial charge in [-0.05, 0) is 25.1 Å². The Hall–Kier alpha value is -1.82. The third-order valence-corrected chi connectivity index (χ3v) is 3.93. The molecule has 1 aliphatic heterocycles. The van der Waals surface area contributed by atoms with Gasteiger partial charge in [-0.1, -0.05) is 15.9 Å². The van der Waals surface area contributed by atoms with Crippen LogP contribution in [-0.2, 0) is 14.3 Å². The number of methoxy groups -OCH3 is 2. The SMILES string of the molecule is COC(=O)C1=C(C)NC(=O)CC1c1cc(Br)ccc1OC. The van der Waals surface area contributed by atoms with Gasteiger partial charge in [-0.2, -0.15) is 0 Å². The van der Waals surface area contributed by atoms with Gasteiger partial charge < -0.3 is 14.8 Å². The molecule has 0 radical (unpaired) electrons. The molecular weight excluding hydrogens is 338 g/mol. The summed E-state index contributed by atoms with van der Waals surface area (Å²) in [5, 5.41) is 2.68. The second kappa shape index (κ2) is 6.30. The van der Waals surface area contributed by atoms with Crippen LogP contribution in [0.4, 0.5) is 0 Å². The first-order valence-electron chi connectivity index (χ1n) is 6.40. The number of halogens is 1. The van der Waals surface area contributed by atoms with Crippen LogP contribution in [-0.4, -0.2) is 26.1 Å². The van der Waals surface area contributed by atoms with E-state index in [0.717, 1.165) is 10.0 Å². The average Bonchev–Trinajstić information content (AvgIpc) is 2.45. The molecule has 1 aromatic rings. The van der Waals surface area contributed by atoms with E-state index in [-0.39, 0.29) is 12.3 Å². The van der Waals surface area contributed by atoms with Crippen molar-refractivity contribution in [1.82, 2.24) is 5.32 Å². The lowest BCUT2D eigenvalue weighted by atomic mass is 9.84. The molecule has 1 unspecified atom stereocenters. The second-order valence-electron chi connectivity index (χ2n) is 4.72. The lowest BCUT2D eigenvalue weighted by Crippen LogP contribution is -2.34. The summed E-state index contributed by atoms with van der Waals surface area (Å²) in [5.74, 6) is -0.336. The van der Waals surface area contributed by atoms with E-state index in [1.54, 1.807) is 20.1 Å². The molecule has 0 bridgehead atoms. The van der Waals surface area contributed by atoms with Crippen molar-refractivity contribution in [3.05, 3.63) is 39.5 Å². The van der Waals surface area contributed by atoms with Crippen LogP contribution in [0.2, 0.25) is 0 Å². The smallest absolute Gasteiger partial charge is 0.336 e. The Kier molecular flexibility index (Phi) is 4.67. The third-order valence-electron chi connectivity index (χ3n) is 3.44. The van der Waals surface area contributed by atoms with Crippen molar-refractivity contribution in [3.63, 3.8) is 0 Å². The number of amides is 1. The summed E-state index contributed by atoms with van der Waals surface area (Å²) >= 11 is 3.41. The summed E-state index contributed by atoms with van der Waals surface area (Å²) in [6.07, 6.45) is 0.175. The molecule has 1 N–H and O–H groups in total. The maximum atomic E-state index is 12.1. The number of hydrogen-bond acceptors (Lipinski definition) is 4. The van der Waals surface area contributed by atoms with Crippen molar-refractivity contribution in [2.75, 3.05) is 14.2 Å². The molecule has 0 saturated heterocycles. The van der Waals surface area contributed by atoms with Crippen molar-refractivity contribution in [2.45, 2.75) is 19.3 Å². The van der Waals surface area contributed by atoms with Crippen molar-refractivity contribution in [1.29, 1.82) is 0 Å². The van der Waals surface area contributed by atoms with E-state index in [4.69, 9.17) is 9.47 Å². The van der Waals surface area contributed by atoms with E-state index < -0.39 is 11.9 Å². The van der Waals surface area contributed by atoms with Gasteiger partial charge in [0.25, 0.3) is 0 Å². The molecule has 0 saturated carbocycles. The molecule has 5 nitrogen and oxygen atoms in total. The highest BCUT2D eigenvalue weighted by Crippen LogP contribution is 2.39. The molecule has 0 fully saturated rings. The first-order valence-corrected chi connectivity index (χ1v) is 7.19. The highest BCUT2D eigenvalue weighted by atomic mass is 79.9. The fourth-order valence-electron chi connectivity index (χ4n) is 2.52. The fraction of sp³-hybridized carbons (Fsp3) is 0.333. The van der Waals surface area contributed by atoms with Crippen LogP contribution in [0.15, 0.2) is 33.9 Å². The number of rotatable bonds is 3. The van der Waals surface area contributed by atoms with Gasteiger partial charge in [0.15, 0.2) is 0 Å². The van der Waals surface area contributed by atoms with Crippen LogP contribution in [0.3, 0.4) is 0 Å². The van der Waals surface area contributed by atoms with Gasteiger partial charge in [0.2, 0.25) is 5.91 Å². The molecule has 6 heteroatoms. The van der Waals surface area contributed by atoms with E-state index in [2.05, 4.69) is 21.2 Å². The second-order valence-corrected chi connectivity index (χ2v) is 5.64. The van der Waals surface area contributed by atoms with E-state index in [1.165, 1.54) is 7.11 Å². The topological polar surface area (TPSA) is 64.6 Å². The molecule has 1 aliphatic rings. The summed E-state index contributed by atoms with van der Waals surface area (Å²) in [7, 11) is 2.89. The summed E-state index contributed by atoms with van der Waals surface area (Å²) < 4.78 is 11.1. The van der Waals surface area contributed by atoms with E-state index >= 15 is 0 Å². The van der Waals surface area contributed by atoms with Crippen molar-refractivity contribution in [2.24, 2.45) is 0 Å². The third kappa shape index (κ3) is 3.10. The lowest BCUT2D eigenvalue weighted by molar-refractivity contribution is -0.136. The summed E-state index contributed by atoms with van der Waals surface area (Å²) in [4.78, 5) is 23.9. The molecule has 112 valence electrons. The number of hydrogen-bond donors (Lipinski definition) is 1. The maximum absolute atomic E-state index is 12.1. The van der Waals surface area contributed by atoms with Crippen LogP contribution in [0, 0.1) is 0 Å². The minimum Gasteiger partial charge on any atom is -0.496 e. The Labute approximate surface area is 131 Å². The van der Waals surface area contributed by atoms with Crippen molar-refractivity contribution >= 4 is 27.8 Å². The molecule has 21 heavy (non-hydrogen) atoms. The minimum atomic E-state index is -0.445. The molecule has 1 atom stereocenters. The standard InChI is InChI=1S/C15H16BrNO4/c1-8-14(15(19)21-3)11(7-13(18)17-8)10-6-9(16)4-5-12(10)20-2/h4-6,11H,7H2,1-3H3,(H,17,18). The van der Waals surface area contributed by atoms with Crippen LogP contribution in [0.1, 0.15) is 24.8 Å². The van der Waals surface area contributed by atoms with Crippen LogP contribution in [0.5, 0.6) is 5.75 Å². The zero-order chi connectivity index (χ0) is 15.6. The Balaban J connectivity index is 2.59. The van der Waals surface area contributed by atoms with Crippen LogP contribution < -0.4 is 10.1 Å². The van der Waals surface area contributed by atoms with Gasteiger partial charge in [0, 0.05) is 28.1 Å². The summed E-state index contributed by atoms with van der Waals surface area (Å²) in [6, 6.07) is 5.51. The predicted molar refractivity (Wildman–Crippen MR) is 80.9 cm³/mol. The van der Waals surface area contributed by atoms with Gasteiger partial charge in [-0.15, -0.1) is 0 Å². The molecule has 1 heterocycles. The number of carbonyl (C=O) groups is 2. The molecular formula is C15H16BrNO4. The normalized spacial score (nSPS) is 18.3. The number of nitrogens with one attached hydrogen (secondary N) is 1. The van der Waals surface area contributed by atoms with Gasteiger partial charge in [-0.25, -0.2) is 4.79 Å². The van der Waals surface area contributed by atoms with E-state index in [0.29, 0.717) is 17.0 Å². The van der Waals surface area contributed by atoms with Gasteiger partial charge in [0.05, 0.1) is 19.8 Å². The van der Waals surface area contributed by atoms with Gasteiger partial charge in [-0.3, -0.25) is 4.79 Å². The first kappa shape index (κ1) is 15.6. The summed E-state index contributed by atoms with van der Waals surface area (Å²) in [5.41, 5.74) is 1.75. The fourth-order valence-corrected chi connectivity index (χ4v) is 2.90. The Morgan fingerprint density at radius 3 is 2.71 bits per heavy atom. The molecule has 0 aliphatic carbocycles. The largest absolute Gasteiger partial charge is 0.496 e. The first-order chi connectivity index (χ1) is 9.97. The van der Waals surface area contributed by atoms with E-state index in [9.17, 15) is 9.59 Å². The quantitative estimate of drug-likeness (QED) is 0.848. The Bertz CT molecular complexity index is 624. The Morgan fingerprint density at radius 2 is 2.10 bits per heavy atom. The number of benzene rings is 1. The number of allylic oxidation sites excluding steroid dienone is 1. The van der Waals surface area contributed by atoms with Crippen molar-refractivity contribution < 1.29 is 19.1 Å². The van der Waals surface area contributed by atoms with Gasteiger partial charge >= 0.3 is 5.97 Å². The summed E-state index contributed by atoms with van der Waals surface area (Å²) in [6.45, 7) is 1.70. The predicted octanol–water partition coefficient (Wildman–Crippen LogP) is 2.51.